The second-order valence-corrected chi connectivity index (χ2v) is 10.7. The number of rotatable bonds is 8. The summed E-state index contributed by atoms with van der Waals surface area (Å²) in [4.78, 5) is 33.1. The summed E-state index contributed by atoms with van der Waals surface area (Å²) in [5.41, 5.74) is 0.537. The van der Waals surface area contributed by atoms with E-state index in [4.69, 9.17) is 4.98 Å². The third kappa shape index (κ3) is 4.68. The Labute approximate surface area is 191 Å². The van der Waals surface area contributed by atoms with Gasteiger partial charge in [0.15, 0.2) is 5.16 Å². The van der Waals surface area contributed by atoms with Crippen LogP contribution in [0.3, 0.4) is 0 Å². The predicted molar refractivity (Wildman–Crippen MR) is 126 cm³/mol. The molecule has 4 rings (SSSR count). The number of thioether (sulfide) groups is 1. The van der Waals surface area contributed by atoms with Crippen molar-refractivity contribution in [2.45, 2.75) is 94.8 Å². The van der Waals surface area contributed by atoms with Crippen molar-refractivity contribution in [3.8, 4) is 6.07 Å². The molecule has 2 heterocycles. The van der Waals surface area contributed by atoms with Gasteiger partial charge in [0.25, 0.3) is 5.56 Å². The molecule has 0 aromatic carbocycles. The van der Waals surface area contributed by atoms with Crippen LogP contribution in [-0.2, 0) is 24.2 Å². The Morgan fingerprint density at radius 1 is 1.26 bits per heavy atom. The molecule has 0 spiro atoms. The number of aryl methyl sites for hydroxylation is 2. The quantitative estimate of drug-likeness (QED) is 0.356. The highest BCUT2D eigenvalue weighted by Crippen LogP contribution is 2.35. The molecule has 2 aliphatic rings. The highest BCUT2D eigenvalue weighted by Gasteiger charge is 2.35. The van der Waals surface area contributed by atoms with E-state index in [1.165, 1.54) is 28.6 Å². The lowest BCUT2D eigenvalue weighted by molar-refractivity contribution is -0.119. The number of hydrogen-bond donors (Lipinski definition) is 1. The molecule has 166 valence electrons. The Kier molecular flexibility index (Phi) is 7.02. The van der Waals surface area contributed by atoms with Gasteiger partial charge in [0.2, 0.25) is 5.91 Å². The highest BCUT2D eigenvalue weighted by molar-refractivity contribution is 7.99. The third-order valence-electron chi connectivity index (χ3n) is 6.41. The molecular weight excluding hydrogens is 428 g/mol. The first kappa shape index (κ1) is 22.3. The Morgan fingerprint density at radius 3 is 2.77 bits per heavy atom. The van der Waals surface area contributed by atoms with Crippen LogP contribution in [0, 0.1) is 11.3 Å². The lowest BCUT2D eigenvalue weighted by Crippen LogP contribution is -2.45. The fourth-order valence-electron chi connectivity index (χ4n) is 4.72. The largest absolute Gasteiger partial charge is 0.337 e. The van der Waals surface area contributed by atoms with Gasteiger partial charge in [-0.2, -0.15) is 5.26 Å². The standard InChI is InChI=1S/C23H30N4O2S2/c1-2-3-8-13-27-21(29)19-16-9-4-5-10-17(16)31-20(19)25-22(27)30-14-18(28)26-23(15-24)11-6-7-12-23/h2-14H2,1H3,(H,26,28). The number of fused-ring (bicyclic) bond motifs is 3. The molecule has 1 fully saturated rings. The molecule has 31 heavy (non-hydrogen) atoms. The van der Waals surface area contributed by atoms with E-state index in [2.05, 4.69) is 18.3 Å². The SMILES string of the molecule is CCCCCn1c(SCC(=O)NC2(C#N)CCCC2)nc2sc3c(c2c1=O)CCCC3. The minimum Gasteiger partial charge on any atom is -0.337 e. The average Bonchev–Trinajstić information content (AvgIpc) is 3.39. The van der Waals surface area contributed by atoms with Gasteiger partial charge in [-0.25, -0.2) is 4.98 Å². The number of thiophene rings is 1. The van der Waals surface area contributed by atoms with Crippen LogP contribution in [0.25, 0.3) is 10.2 Å². The van der Waals surface area contributed by atoms with Gasteiger partial charge in [-0.05, 0) is 63.4 Å². The van der Waals surface area contributed by atoms with E-state index in [1.807, 2.05) is 0 Å². The van der Waals surface area contributed by atoms with Gasteiger partial charge < -0.3 is 5.32 Å². The number of nitrogens with one attached hydrogen (secondary N) is 1. The highest BCUT2D eigenvalue weighted by atomic mass is 32.2. The summed E-state index contributed by atoms with van der Waals surface area (Å²) >= 11 is 2.96. The molecule has 0 unspecified atom stereocenters. The maximum Gasteiger partial charge on any atom is 0.263 e. The van der Waals surface area contributed by atoms with Crippen molar-refractivity contribution in [2.24, 2.45) is 0 Å². The van der Waals surface area contributed by atoms with E-state index in [0.717, 1.165) is 61.6 Å². The van der Waals surface area contributed by atoms with Crippen molar-refractivity contribution in [3.63, 3.8) is 0 Å². The number of nitrogens with zero attached hydrogens (tertiary/aromatic N) is 3. The number of carbonyl (C=O) groups is 1. The van der Waals surface area contributed by atoms with E-state index in [9.17, 15) is 14.9 Å². The molecule has 2 aliphatic carbocycles. The van der Waals surface area contributed by atoms with Gasteiger partial charge >= 0.3 is 0 Å². The van der Waals surface area contributed by atoms with E-state index in [0.29, 0.717) is 24.5 Å². The molecule has 2 aromatic rings. The van der Waals surface area contributed by atoms with Crippen LogP contribution in [0.4, 0.5) is 0 Å². The molecule has 1 saturated carbocycles. The monoisotopic (exact) mass is 458 g/mol. The number of hydrogen-bond acceptors (Lipinski definition) is 6. The Hall–Kier alpha value is -1.85. The van der Waals surface area contributed by atoms with Crippen LogP contribution in [0.15, 0.2) is 9.95 Å². The zero-order valence-corrected chi connectivity index (χ0v) is 19.8. The first-order valence-corrected chi connectivity index (χ1v) is 13.3. The number of amides is 1. The van der Waals surface area contributed by atoms with Gasteiger partial charge in [0.05, 0.1) is 17.2 Å². The number of aromatic nitrogens is 2. The summed E-state index contributed by atoms with van der Waals surface area (Å²) in [6.45, 7) is 2.78. The summed E-state index contributed by atoms with van der Waals surface area (Å²) in [5, 5.41) is 13.9. The molecule has 6 nitrogen and oxygen atoms in total. The first-order chi connectivity index (χ1) is 15.1. The number of carbonyl (C=O) groups excluding carboxylic acids is 1. The second-order valence-electron chi connectivity index (χ2n) is 8.69. The minimum absolute atomic E-state index is 0.0488. The molecule has 8 heteroatoms. The normalized spacial score (nSPS) is 17.4. The fraction of sp³-hybridized carbons (Fsp3) is 0.652. The summed E-state index contributed by atoms with van der Waals surface area (Å²) in [7, 11) is 0. The molecule has 0 aliphatic heterocycles. The van der Waals surface area contributed by atoms with Crippen molar-refractivity contribution >= 4 is 39.2 Å². The van der Waals surface area contributed by atoms with Crippen molar-refractivity contribution in [3.05, 3.63) is 20.8 Å². The summed E-state index contributed by atoms with van der Waals surface area (Å²) in [6.07, 6.45) is 10.7. The predicted octanol–water partition coefficient (Wildman–Crippen LogP) is 4.57. The average molecular weight is 459 g/mol. The molecule has 0 bridgehead atoms. The molecule has 1 N–H and O–H groups in total. The van der Waals surface area contributed by atoms with Crippen molar-refractivity contribution < 1.29 is 4.79 Å². The lowest BCUT2D eigenvalue weighted by atomic mass is 9.97. The lowest BCUT2D eigenvalue weighted by Gasteiger charge is -2.22. The molecule has 0 atom stereocenters. The van der Waals surface area contributed by atoms with Gasteiger partial charge in [0.1, 0.15) is 10.4 Å². The maximum atomic E-state index is 13.5. The zero-order chi connectivity index (χ0) is 21.8. The topological polar surface area (TPSA) is 87.8 Å². The maximum absolute atomic E-state index is 13.5. The van der Waals surface area contributed by atoms with Crippen LogP contribution >= 0.6 is 23.1 Å². The van der Waals surface area contributed by atoms with Crippen LogP contribution in [0.5, 0.6) is 0 Å². The smallest absolute Gasteiger partial charge is 0.263 e. The van der Waals surface area contributed by atoms with Crippen molar-refractivity contribution in [1.82, 2.24) is 14.9 Å². The van der Waals surface area contributed by atoms with Crippen LogP contribution in [0.2, 0.25) is 0 Å². The molecule has 0 radical (unpaired) electrons. The Morgan fingerprint density at radius 2 is 2.03 bits per heavy atom. The van der Waals surface area contributed by atoms with Crippen LogP contribution in [0.1, 0.15) is 75.2 Å². The van der Waals surface area contributed by atoms with Crippen LogP contribution < -0.4 is 10.9 Å². The third-order valence-corrected chi connectivity index (χ3v) is 8.57. The summed E-state index contributed by atoms with van der Waals surface area (Å²) in [6, 6.07) is 2.30. The molecule has 0 saturated heterocycles. The van der Waals surface area contributed by atoms with Crippen molar-refractivity contribution in [2.75, 3.05) is 5.75 Å². The van der Waals surface area contributed by atoms with E-state index in [-0.39, 0.29) is 17.2 Å². The van der Waals surface area contributed by atoms with Gasteiger partial charge in [-0.3, -0.25) is 14.2 Å². The minimum atomic E-state index is -0.720. The van der Waals surface area contributed by atoms with Gasteiger partial charge in [0, 0.05) is 11.4 Å². The number of nitriles is 1. The van der Waals surface area contributed by atoms with Gasteiger partial charge in [-0.1, -0.05) is 31.5 Å². The fourth-order valence-corrected chi connectivity index (χ4v) is 6.85. The van der Waals surface area contributed by atoms with E-state index >= 15 is 0 Å². The first-order valence-electron chi connectivity index (χ1n) is 11.5. The summed E-state index contributed by atoms with van der Waals surface area (Å²) in [5.74, 6) is 0.00800. The molecule has 1 amide bonds. The zero-order valence-electron chi connectivity index (χ0n) is 18.2. The molecular formula is C23H30N4O2S2. The van der Waals surface area contributed by atoms with Crippen LogP contribution in [-0.4, -0.2) is 26.8 Å². The van der Waals surface area contributed by atoms with E-state index in [1.54, 1.807) is 15.9 Å². The van der Waals surface area contributed by atoms with E-state index < -0.39 is 5.54 Å². The second kappa shape index (κ2) is 9.74. The Bertz CT molecular complexity index is 1060. The summed E-state index contributed by atoms with van der Waals surface area (Å²) < 4.78 is 1.78. The van der Waals surface area contributed by atoms with Crippen molar-refractivity contribution in [1.29, 1.82) is 5.26 Å². The number of unbranched alkanes of at least 4 members (excludes halogenated alkanes) is 2. The van der Waals surface area contributed by atoms with Gasteiger partial charge in [-0.15, -0.1) is 11.3 Å². The Balaban J connectivity index is 1.59. The molecule has 2 aromatic heterocycles.